The Labute approximate surface area is 149 Å². The van der Waals surface area contributed by atoms with Crippen molar-refractivity contribution in [1.29, 1.82) is 0 Å². The van der Waals surface area contributed by atoms with Gasteiger partial charge in [0, 0.05) is 0 Å². The Morgan fingerprint density at radius 3 is 2.44 bits per heavy atom. The van der Waals surface area contributed by atoms with Gasteiger partial charge in [0.1, 0.15) is 0 Å². The van der Waals surface area contributed by atoms with E-state index in [1.807, 2.05) is 32.0 Å². The first-order valence-electron chi connectivity index (χ1n) is 8.80. The van der Waals surface area contributed by atoms with E-state index in [-0.39, 0.29) is 11.9 Å². The van der Waals surface area contributed by atoms with Crippen molar-refractivity contribution in [2.75, 3.05) is 26.2 Å². The summed E-state index contributed by atoms with van der Waals surface area (Å²) in [6, 6.07) is 8.84. The minimum absolute atomic E-state index is 0.174. The fourth-order valence-electron chi connectivity index (χ4n) is 2.87. The van der Waals surface area contributed by atoms with Gasteiger partial charge in [-0.1, -0.05) is 44.2 Å². The molecule has 0 aliphatic carbocycles. The molecular formula is C19H27N3O3. The number of urea groups is 1. The Hall–Kier alpha value is -2.34. The first-order valence-corrected chi connectivity index (χ1v) is 8.80. The van der Waals surface area contributed by atoms with Gasteiger partial charge in [-0.2, -0.15) is 0 Å². The molecule has 2 rings (SSSR count). The van der Waals surface area contributed by atoms with Gasteiger partial charge >= 0.3 is 6.03 Å². The molecule has 6 nitrogen and oxygen atoms in total. The fraction of sp³-hybridized carbons (Fsp3) is 0.474. The highest BCUT2D eigenvalue weighted by Gasteiger charge is 2.24. The van der Waals surface area contributed by atoms with Gasteiger partial charge in [0.15, 0.2) is 0 Å². The lowest BCUT2D eigenvalue weighted by Gasteiger charge is -2.32. The van der Waals surface area contributed by atoms with E-state index in [0.29, 0.717) is 19.5 Å². The molecule has 1 aliphatic rings. The molecule has 0 aromatic heterocycles. The van der Waals surface area contributed by atoms with Crippen molar-refractivity contribution in [3.05, 3.63) is 42.1 Å². The third-order valence-electron chi connectivity index (χ3n) is 4.29. The monoisotopic (exact) mass is 345 g/mol. The summed E-state index contributed by atoms with van der Waals surface area (Å²) < 4.78 is 0. The zero-order valence-electron chi connectivity index (χ0n) is 14.9. The molecule has 136 valence electrons. The minimum atomic E-state index is -1.22. The van der Waals surface area contributed by atoms with Gasteiger partial charge in [0.2, 0.25) is 0 Å². The lowest BCUT2D eigenvalue weighted by Crippen LogP contribution is -3.10. The predicted octanol–water partition coefficient (Wildman–Crippen LogP) is -0.268. The summed E-state index contributed by atoms with van der Waals surface area (Å²) in [5.74, 6) is -1.05. The smallest absolute Gasteiger partial charge is 0.318 e. The summed E-state index contributed by atoms with van der Waals surface area (Å²) in [7, 11) is 0. The highest BCUT2D eigenvalue weighted by atomic mass is 16.4. The van der Waals surface area contributed by atoms with Gasteiger partial charge in [-0.05, 0) is 24.0 Å². The number of piperazine rings is 1. The van der Waals surface area contributed by atoms with E-state index in [4.69, 9.17) is 0 Å². The molecule has 1 aromatic rings. The van der Waals surface area contributed by atoms with Crippen LogP contribution in [0.1, 0.15) is 25.8 Å². The van der Waals surface area contributed by atoms with E-state index in [1.54, 1.807) is 4.90 Å². The molecule has 6 heteroatoms. The Morgan fingerprint density at radius 1 is 1.24 bits per heavy atom. The van der Waals surface area contributed by atoms with Crippen molar-refractivity contribution in [2.24, 2.45) is 5.92 Å². The quantitative estimate of drug-likeness (QED) is 0.745. The summed E-state index contributed by atoms with van der Waals surface area (Å²) in [5, 5.41) is 13.8. The Balaban J connectivity index is 1.81. The molecule has 0 spiro atoms. The van der Waals surface area contributed by atoms with Crippen molar-refractivity contribution in [1.82, 2.24) is 10.2 Å². The minimum Gasteiger partial charge on any atom is -0.548 e. The van der Waals surface area contributed by atoms with E-state index in [9.17, 15) is 14.7 Å². The summed E-state index contributed by atoms with van der Waals surface area (Å²) >= 11 is 0. The van der Waals surface area contributed by atoms with Crippen LogP contribution in [0.25, 0.3) is 6.08 Å². The number of benzene rings is 1. The van der Waals surface area contributed by atoms with Gasteiger partial charge < -0.3 is 25.0 Å². The lowest BCUT2D eigenvalue weighted by atomic mass is 10.0. The van der Waals surface area contributed by atoms with Crippen LogP contribution < -0.4 is 15.3 Å². The summed E-state index contributed by atoms with van der Waals surface area (Å²) in [5.41, 5.74) is 1.15. The maximum Gasteiger partial charge on any atom is 0.318 e. The van der Waals surface area contributed by atoms with E-state index in [2.05, 4.69) is 29.7 Å². The molecule has 2 amide bonds. The van der Waals surface area contributed by atoms with Gasteiger partial charge in [0.05, 0.1) is 44.4 Å². The van der Waals surface area contributed by atoms with Crippen LogP contribution in [-0.2, 0) is 4.79 Å². The molecule has 0 saturated carbocycles. The van der Waals surface area contributed by atoms with Crippen molar-refractivity contribution in [3.8, 4) is 0 Å². The third kappa shape index (κ3) is 6.23. The number of nitrogens with one attached hydrogen (secondary N) is 2. The molecule has 0 radical (unpaired) electrons. The van der Waals surface area contributed by atoms with Crippen molar-refractivity contribution >= 4 is 18.1 Å². The van der Waals surface area contributed by atoms with Crippen LogP contribution in [0.3, 0.4) is 0 Å². The number of carbonyl (C=O) groups excluding carboxylic acids is 2. The average Bonchev–Trinajstić information content (AvgIpc) is 2.60. The van der Waals surface area contributed by atoms with Crippen LogP contribution in [0.2, 0.25) is 0 Å². The molecule has 1 aliphatic heterocycles. The molecule has 25 heavy (non-hydrogen) atoms. The fourth-order valence-corrected chi connectivity index (χ4v) is 2.87. The van der Waals surface area contributed by atoms with Crippen molar-refractivity contribution in [3.63, 3.8) is 0 Å². The standard InChI is InChI=1S/C19H27N3O3/c1-15(2)14-17(18(23)24)20-19(25)22-12-10-21(11-13-22)9-8-16-6-4-3-5-7-16/h3-9,15,17H,10-14H2,1-2H3,(H,20,25)(H,23,24)/t17-/m0/s1. The molecule has 1 atom stereocenters. The first kappa shape index (κ1) is 19.0. The molecule has 1 fully saturated rings. The second-order valence-corrected chi connectivity index (χ2v) is 6.84. The van der Waals surface area contributed by atoms with Crippen LogP contribution in [0.4, 0.5) is 4.79 Å². The molecule has 2 N–H and O–H groups in total. The van der Waals surface area contributed by atoms with E-state index in [1.165, 1.54) is 4.90 Å². The van der Waals surface area contributed by atoms with Gasteiger partial charge in [-0.15, -0.1) is 0 Å². The van der Waals surface area contributed by atoms with E-state index < -0.39 is 12.0 Å². The third-order valence-corrected chi connectivity index (χ3v) is 4.29. The maximum absolute atomic E-state index is 12.3. The number of rotatable bonds is 6. The number of aliphatic carboxylic acids is 1. The lowest BCUT2D eigenvalue weighted by molar-refractivity contribution is -0.850. The predicted molar refractivity (Wildman–Crippen MR) is 94.5 cm³/mol. The topological polar surface area (TPSA) is 76.9 Å². The Kier molecular flexibility index (Phi) is 7.01. The number of amides is 2. The van der Waals surface area contributed by atoms with Crippen LogP contribution in [-0.4, -0.2) is 49.1 Å². The highest BCUT2D eigenvalue weighted by Crippen LogP contribution is 2.05. The van der Waals surface area contributed by atoms with Gasteiger partial charge in [-0.25, -0.2) is 4.79 Å². The number of carboxylic acids is 1. The molecule has 0 unspecified atom stereocenters. The van der Waals surface area contributed by atoms with Crippen molar-refractivity contribution in [2.45, 2.75) is 26.3 Å². The number of nitrogens with zero attached hydrogens (tertiary/aromatic N) is 1. The second kappa shape index (κ2) is 9.22. The van der Waals surface area contributed by atoms with E-state index in [0.717, 1.165) is 18.7 Å². The Morgan fingerprint density at radius 2 is 1.88 bits per heavy atom. The molecule has 0 bridgehead atoms. The maximum atomic E-state index is 12.3. The van der Waals surface area contributed by atoms with Crippen LogP contribution in [0.5, 0.6) is 0 Å². The number of quaternary nitrogens is 1. The number of carboxylic acid groups (broad SMARTS) is 1. The van der Waals surface area contributed by atoms with Gasteiger partial charge in [0.25, 0.3) is 0 Å². The van der Waals surface area contributed by atoms with Crippen LogP contribution in [0, 0.1) is 5.92 Å². The Bertz CT molecular complexity index is 593. The summed E-state index contributed by atoms with van der Waals surface area (Å²) in [6.07, 6.45) is 4.58. The number of hydrogen-bond acceptors (Lipinski definition) is 3. The highest BCUT2D eigenvalue weighted by molar-refractivity contribution is 5.81. The normalized spacial score (nSPS) is 17.0. The largest absolute Gasteiger partial charge is 0.548 e. The number of hydrogen-bond donors (Lipinski definition) is 2. The molecule has 1 saturated heterocycles. The zero-order valence-corrected chi connectivity index (χ0v) is 14.9. The first-order chi connectivity index (χ1) is 12.0. The molecule has 1 aromatic carbocycles. The zero-order chi connectivity index (χ0) is 18.2. The second-order valence-electron chi connectivity index (χ2n) is 6.84. The average molecular weight is 345 g/mol. The summed E-state index contributed by atoms with van der Waals surface area (Å²) in [4.78, 5) is 26.4. The van der Waals surface area contributed by atoms with Crippen molar-refractivity contribution < 1.29 is 19.6 Å². The SMILES string of the molecule is CC(C)C[C@H](NC(=O)N1CC[NH+](C=Cc2ccccc2)CC1)C(=O)[O-]. The number of carbonyl (C=O) groups is 2. The van der Waals surface area contributed by atoms with Crippen LogP contribution >= 0.6 is 0 Å². The summed E-state index contributed by atoms with van der Waals surface area (Å²) in [6.45, 7) is 6.64. The van der Waals surface area contributed by atoms with E-state index >= 15 is 0 Å². The van der Waals surface area contributed by atoms with Crippen LogP contribution in [0.15, 0.2) is 36.5 Å². The van der Waals surface area contributed by atoms with Gasteiger partial charge in [-0.3, -0.25) is 0 Å². The molecule has 1 heterocycles. The molecular weight excluding hydrogens is 318 g/mol.